The number of Topliss-reactive ketones (excluding diaryl/α,β-unsaturated/α-hetero) is 2. The second-order valence-electron chi connectivity index (χ2n) is 25.3. The van der Waals surface area contributed by atoms with Gasteiger partial charge in [-0.3, -0.25) is 29.2 Å². The van der Waals surface area contributed by atoms with Crippen molar-refractivity contribution in [1.29, 1.82) is 0 Å². The zero-order valence-corrected chi connectivity index (χ0v) is 56.1. The molecule has 494 valence electrons. The minimum absolute atomic E-state index is 0.00990. The number of benzene rings is 6. The molecule has 4 aliphatic heterocycles. The molecule has 0 amide bonds. The molecule has 0 bridgehead atoms. The fourth-order valence-corrected chi connectivity index (χ4v) is 14.7. The van der Waals surface area contributed by atoms with Crippen molar-refractivity contribution in [2.75, 3.05) is 72.6 Å². The van der Waals surface area contributed by atoms with Gasteiger partial charge in [-0.15, -0.1) is 13.2 Å². The molecule has 0 radical (unpaired) electrons. The number of carbonyl (C=O) groups is 2. The molecular weight excluding hydrogens is 1260 g/mol. The Morgan fingerprint density at radius 3 is 1.25 bits per heavy atom. The van der Waals surface area contributed by atoms with Crippen molar-refractivity contribution in [3.63, 3.8) is 0 Å². The van der Waals surface area contributed by atoms with Crippen LogP contribution in [0.25, 0.3) is 44.1 Å². The SMILES string of the molecule is COc1ccc(-c2cn(CCCCC(=O)C3CCCCN3)c3ccc(CN4CCN(Cc5c(Cl)cccc5Cl)CC4)cc23)cc1.O=C(CCCCn1cc(-c2ccc(OC(F)(F)F)cc2)c2cc(CN3CCN(Cc4c(Cl)cccc4Cl)CC3)ccc21)C1CCCCN1. The van der Waals surface area contributed by atoms with E-state index in [1.807, 2.05) is 48.5 Å². The number of nitrogens with zero attached hydrogens (tertiary/aromatic N) is 6. The third-order valence-corrected chi connectivity index (χ3v) is 20.3. The first kappa shape index (κ1) is 68.4. The molecule has 0 saturated carbocycles. The van der Waals surface area contributed by atoms with E-state index in [1.165, 1.54) is 51.7 Å². The number of rotatable bonds is 24. The molecule has 4 fully saturated rings. The summed E-state index contributed by atoms with van der Waals surface area (Å²) in [4.78, 5) is 35.2. The van der Waals surface area contributed by atoms with Crippen molar-refractivity contribution in [2.45, 2.75) is 135 Å². The van der Waals surface area contributed by atoms with Gasteiger partial charge in [0.05, 0.1) is 19.2 Å². The molecule has 4 aliphatic rings. The molecule has 0 aliphatic carbocycles. The summed E-state index contributed by atoms with van der Waals surface area (Å²) in [6, 6.07) is 39.3. The second-order valence-corrected chi connectivity index (χ2v) is 27.0. The van der Waals surface area contributed by atoms with Crippen molar-refractivity contribution in [3.8, 4) is 33.8 Å². The lowest BCUT2D eigenvalue weighted by molar-refractivity contribution is -0.274. The molecule has 6 aromatic carbocycles. The summed E-state index contributed by atoms with van der Waals surface area (Å²) in [5.41, 5.74) is 11.0. The van der Waals surface area contributed by atoms with Crippen LogP contribution in [0.4, 0.5) is 13.2 Å². The van der Waals surface area contributed by atoms with Gasteiger partial charge in [-0.1, -0.05) is 108 Å². The maximum absolute atomic E-state index is 12.8. The molecule has 2 unspecified atom stereocenters. The molecule has 2 atom stereocenters. The highest BCUT2D eigenvalue weighted by atomic mass is 35.5. The van der Waals surface area contributed by atoms with Gasteiger partial charge in [-0.05, 0) is 160 Å². The third kappa shape index (κ3) is 18.5. The van der Waals surface area contributed by atoms with E-state index in [0.29, 0.717) is 41.0 Å². The highest BCUT2D eigenvalue weighted by molar-refractivity contribution is 6.36. The zero-order valence-electron chi connectivity index (χ0n) is 53.1. The van der Waals surface area contributed by atoms with Gasteiger partial charge in [0.1, 0.15) is 23.1 Å². The second kappa shape index (κ2) is 32.7. The number of methoxy groups -OCH3 is 1. The summed E-state index contributed by atoms with van der Waals surface area (Å²) in [5, 5.41) is 11.9. The number of aromatic nitrogens is 2. The number of piperazine rings is 2. The van der Waals surface area contributed by atoms with E-state index < -0.39 is 6.36 Å². The Balaban J connectivity index is 0.000000191. The number of alkyl halides is 3. The van der Waals surface area contributed by atoms with Crippen molar-refractivity contribution in [3.05, 3.63) is 176 Å². The Bertz CT molecular complexity index is 3740. The van der Waals surface area contributed by atoms with E-state index in [0.717, 1.165) is 205 Å². The number of carbonyl (C=O) groups excluding carboxylic acids is 2. The van der Waals surface area contributed by atoms with Gasteiger partial charge in [0, 0.05) is 181 Å². The lowest BCUT2D eigenvalue weighted by Crippen LogP contribution is -2.45. The summed E-state index contributed by atoms with van der Waals surface area (Å²) >= 11 is 25.7. The molecule has 2 aromatic heterocycles. The zero-order chi connectivity index (χ0) is 64.8. The molecule has 12 nitrogen and oxygen atoms in total. The van der Waals surface area contributed by atoms with Gasteiger partial charge in [0.2, 0.25) is 0 Å². The number of halogens is 7. The van der Waals surface area contributed by atoms with E-state index >= 15 is 0 Å². The Labute approximate surface area is 565 Å². The highest BCUT2D eigenvalue weighted by Gasteiger charge is 2.31. The Morgan fingerprint density at radius 2 is 0.882 bits per heavy atom. The summed E-state index contributed by atoms with van der Waals surface area (Å²) in [7, 11) is 1.70. The van der Waals surface area contributed by atoms with Gasteiger partial charge in [0.25, 0.3) is 0 Å². The van der Waals surface area contributed by atoms with E-state index in [2.05, 4.69) is 105 Å². The van der Waals surface area contributed by atoms with Gasteiger partial charge >= 0.3 is 6.36 Å². The molecule has 12 rings (SSSR count). The maximum atomic E-state index is 12.8. The fourth-order valence-electron chi connectivity index (χ4n) is 13.6. The standard InChI is InChI=1S/C37H41Cl2F3N4O2.C37H44Cl2N4O2/c38-32-6-5-7-33(39)31(32)24-45-20-18-44(19-21-45)23-26-10-15-35-29(22-26)30(27-11-13-28(14-12-27)48-37(40,41)42)25-46(35)17-4-2-9-36(47)34-8-1-3-16-43-34;1-45-29-14-12-28(13-15-29)31-26-43(18-5-3-10-37(44)35-9-2-4-17-40-35)36-16-11-27(23-30(31)36)24-41-19-21-42(22-20-41)25-32-33(38)7-6-8-34(32)39/h5-7,10-15,22,25,34,43H,1-4,8-9,16-21,23-24H2;6-8,11-16,23,26,35,40H,2-5,9-10,17-22,24-25H2,1H3. The Hall–Kier alpha value is -5.95. The number of aryl methyl sites for hydroxylation is 2. The molecule has 0 spiro atoms. The number of hydrogen-bond acceptors (Lipinski definition) is 10. The van der Waals surface area contributed by atoms with Gasteiger partial charge in [-0.25, -0.2) is 0 Å². The predicted octanol–water partition coefficient (Wildman–Crippen LogP) is 16.5. The average Bonchev–Trinajstić information content (AvgIpc) is 1.68. The highest BCUT2D eigenvalue weighted by Crippen LogP contribution is 2.37. The molecule has 93 heavy (non-hydrogen) atoms. The van der Waals surface area contributed by atoms with Crippen LogP contribution >= 0.6 is 46.4 Å². The lowest BCUT2D eigenvalue weighted by atomic mass is 9.98. The fraction of sp³-hybridized carbons (Fsp3) is 0.432. The van der Waals surface area contributed by atoms with Gasteiger partial charge in [-0.2, -0.15) is 0 Å². The average molecular weight is 1350 g/mol. The first-order valence-electron chi connectivity index (χ1n) is 33.1. The number of ether oxygens (including phenoxy) is 2. The summed E-state index contributed by atoms with van der Waals surface area (Å²) in [6.07, 6.45) is 10.9. The normalized spacial score (nSPS) is 18.0. The van der Waals surface area contributed by atoms with Crippen LogP contribution in [-0.2, 0) is 48.9 Å². The van der Waals surface area contributed by atoms with Gasteiger partial charge < -0.3 is 29.2 Å². The van der Waals surface area contributed by atoms with Crippen LogP contribution in [0.2, 0.25) is 20.1 Å². The molecule has 2 N–H and O–H groups in total. The van der Waals surface area contributed by atoms with E-state index in [-0.39, 0.29) is 17.8 Å². The van der Waals surface area contributed by atoms with Crippen LogP contribution in [-0.4, -0.2) is 131 Å². The van der Waals surface area contributed by atoms with Crippen molar-refractivity contribution in [2.24, 2.45) is 0 Å². The van der Waals surface area contributed by atoms with Crippen LogP contribution in [0.5, 0.6) is 11.5 Å². The number of unbranched alkanes of at least 4 members (excludes halogenated alkanes) is 2. The van der Waals surface area contributed by atoms with Crippen LogP contribution in [0.1, 0.15) is 99.3 Å². The Morgan fingerprint density at radius 1 is 0.495 bits per heavy atom. The van der Waals surface area contributed by atoms with Crippen molar-refractivity contribution >= 4 is 79.8 Å². The number of ketones is 2. The molecule has 19 heteroatoms. The summed E-state index contributed by atoms with van der Waals surface area (Å²) < 4.78 is 52.5. The van der Waals surface area contributed by atoms with E-state index in [9.17, 15) is 22.8 Å². The van der Waals surface area contributed by atoms with E-state index in [4.69, 9.17) is 51.1 Å². The molecule has 8 aromatic rings. The first-order chi connectivity index (χ1) is 45.1. The Kier molecular flexibility index (Phi) is 24.0. The molecular formula is C74H85Cl4F3N8O4. The smallest absolute Gasteiger partial charge is 0.497 e. The number of nitrogens with one attached hydrogen (secondary N) is 2. The van der Waals surface area contributed by atoms with Gasteiger partial charge in [0.15, 0.2) is 0 Å². The van der Waals surface area contributed by atoms with Crippen LogP contribution in [0.3, 0.4) is 0 Å². The monoisotopic (exact) mass is 1350 g/mol. The number of hydrogen-bond donors (Lipinski definition) is 2. The minimum atomic E-state index is -4.74. The number of piperidine rings is 2. The molecule has 4 saturated heterocycles. The van der Waals surface area contributed by atoms with Crippen molar-refractivity contribution < 1.29 is 32.2 Å². The largest absolute Gasteiger partial charge is 0.573 e. The summed E-state index contributed by atoms with van der Waals surface area (Å²) in [6.45, 7) is 14.3. The maximum Gasteiger partial charge on any atom is 0.573 e. The van der Waals surface area contributed by atoms with Crippen LogP contribution in [0.15, 0.2) is 134 Å². The minimum Gasteiger partial charge on any atom is -0.497 e. The molecule has 6 heterocycles. The lowest BCUT2D eigenvalue weighted by Gasteiger charge is -2.35. The first-order valence-corrected chi connectivity index (χ1v) is 34.6. The summed E-state index contributed by atoms with van der Waals surface area (Å²) in [5.74, 6) is 1.29. The van der Waals surface area contributed by atoms with Crippen LogP contribution < -0.4 is 20.1 Å². The quantitative estimate of drug-likeness (QED) is 0.0569. The topological polar surface area (TPSA) is 99.5 Å². The van der Waals surface area contributed by atoms with Crippen molar-refractivity contribution in [1.82, 2.24) is 39.4 Å². The predicted molar refractivity (Wildman–Crippen MR) is 371 cm³/mol. The number of fused-ring (bicyclic) bond motifs is 2. The van der Waals surface area contributed by atoms with Crippen LogP contribution in [0, 0.1) is 0 Å². The van der Waals surface area contributed by atoms with E-state index in [1.54, 1.807) is 19.2 Å². The third-order valence-electron chi connectivity index (χ3n) is 18.9.